The number of halogens is 4. The van der Waals surface area contributed by atoms with E-state index in [1.54, 1.807) is 36.4 Å². The zero-order valence-corrected chi connectivity index (χ0v) is 13.8. The normalized spacial score (nSPS) is 10.3. The number of carbonyl (C=O) groups is 1. The second-order valence-corrected chi connectivity index (χ2v) is 6.18. The van der Waals surface area contributed by atoms with Crippen molar-refractivity contribution in [1.29, 1.82) is 0 Å². The Morgan fingerprint density at radius 1 is 1.00 bits per heavy atom. The van der Waals surface area contributed by atoms with E-state index in [4.69, 9.17) is 34.8 Å². The molecule has 6 heteroatoms. The van der Waals surface area contributed by atoms with E-state index in [-0.39, 0.29) is 5.91 Å². The van der Waals surface area contributed by atoms with Crippen LogP contribution in [0, 0.1) is 3.57 Å². The highest BCUT2D eigenvalue weighted by molar-refractivity contribution is 14.1. The minimum Gasteiger partial charge on any atom is -0.322 e. The van der Waals surface area contributed by atoms with E-state index in [0.717, 1.165) is 3.57 Å². The van der Waals surface area contributed by atoms with Gasteiger partial charge >= 0.3 is 0 Å². The molecule has 98 valence electrons. The van der Waals surface area contributed by atoms with Crippen LogP contribution in [0.2, 0.25) is 15.1 Å². The summed E-state index contributed by atoms with van der Waals surface area (Å²) < 4.78 is 0.890. The van der Waals surface area contributed by atoms with Gasteiger partial charge in [-0.25, -0.2) is 0 Å². The van der Waals surface area contributed by atoms with E-state index in [1.807, 2.05) is 0 Å². The lowest BCUT2D eigenvalue weighted by atomic mass is 10.2. The number of carbonyl (C=O) groups excluding carboxylic acids is 1. The van der Waals surface area contributed by atoms with Crippen molar-refractivity contribution in [2.24, 2.45) is 0 Å². The van der Waals surface area contributed by atoms with Crippen molar-refractivity contribution < 1.29 is 4.79 Å². The number of rotatable bonds is 2. The molecule has 0 fully saturated rings. The molecule has 0 radical (unpaired) electrons. The Hall–Kier alpha value is -0.490. The lowest BCUT2D eigenvalue weighted by molar-refractivity contribution is 0.102. The van der Waals surface area contributed by atoms with Crippen molar-refractivity contribution in [3.63, 3.8) is 0 Å². The van der Waals surface area contributed by atoms with Gasteiger partial charge in [-0.3, -0.25) is 4.79 Å². The standard InChI is InChI=1S/C13H7Cl3INO/c14-8-4-9(15)6-10(5-8)18-13(19)7-1-2-12(17)11(16)3-7/h1-6H,(H,18,19). The van der Waals surface area contributed by atoms with Gasteiger partial charge in [0.1, 0.15) is 0 Å². The molecular weight excluding hydrogens is 419 g/mol. The molecule has 0 aliphatic carbocycles. The highest BCUT2D eigenvalue weighted by Gasteiger charge is 2.09. The molecule has 0 saturated carbocycles. The maximum atomic E-state index is 12.0. The van der Waals surface area contributed by atoms with Crippen LogP contribution in [0.3, 0.4) is 0 Å². The summed E-state index contributed by atoms with van der Waals surface area (Å²) in [6.07, 6.45) is 0. The van der Waals surface area contributed by atoms with Crippen LogP contribution < -0.4 is 5.32 Å². The molecule has 0 aliphatic rings. The van der Waals surface area contributed by atoms with Crippen molar-refractivity contribution in [3.8, 4) is 0 Å². The third-order valence-corrected chi connectivity index (χ3v) is 4.31. The van der Waals surface area contributed by atoms with Crippen LogP contribution in [0.4, 0.5) is 5.69 Å². The molecule has 0 aromatic heterocycles. The first-order valence-electron chi connectivity index (χ1n) is 5.18. The number of anilines is 1. The van der Waals surface area contributed by atoms with Crippen molar-refractivity contribution in [3.05, 3.63) is 60.6 Å². The summed E-state index contributed by atoms with van der Waals surface area (Å²) in [6, 6.07) is 9.95. The van der Waals surface area contributed by atoms with Gasteiger partial charge < -0.3 is 5.32 Å². The summed E-state index contributed by atoms with van der Waals surface area (Å²) >= 11 is 19.8. The Balaban J connectivity index is 2.22. The van der Waals surface area contributed by atoms with Gasteiger partial charge in [0.05, 0.1) is 5.02 Å². The maximum Gasteiger partial charge on any atom is 0.255 e. The van der Waals surface area contributed by atoms with E-state index in [0.29, 0.717) is 26.3 Å². The van der Waals surface area contributed by atoms with Crippen molar-refractivity contribution >= 4 is 69.0 Å². The lowest BCUT2D eigenvalue weighted by Gasteiger charge is -2.07. The fourth-order valence-corrected chi connectivity index (χ4v) is 2.51. The SMILES string of the molecule is O=C(Nc1cc(Cl)cc(Cl)c1)c1ccc(I)c(Cl)c1. The number of hydrogen-bond donors (Lipinski definition) is 1. The van der Waals surface area contributed by atoms with Gasteiger partial charge in [0.25, 0.3) is 5.91 Å². The first-order chi connectivity index (χ1) is 8.95. The molecule has 0 unspecified atom stereocenters. The van der Waals surface area contributed by atoms with Crippen LogP contribution in [-0.2, 0) is 0 Å². The Kier molecular flexibility index (Phi) is 4.95. The molecule has 0 spiro atoms. The topological polar surface area (TPSA) is 29.1 Å². The molecule has 2 aromatic rings. The summed E-state index contributed by atoms with van der Waals surface area (Å²) in [5.41, 5.74) is 1.01. The Morgan fingerprint density at radius 3 is 2.21 bits per heavy atom. The molecule has 2 nitrogen and oxygen atoms in total. The molecule has 1 N–H and O–H groups in total. The monoisotopic (exact) mass is 425 g/mol. The predicted octanol–water partition coefficient (Wildman–Crippen LogP) is 5.50. The van der Waals surface area contributed by atoms with Crippen LogP contribution >= 0.6 is 57.4 Å². The van der Waals surface area contributed by atoms with E-state index >= 15 is 0 Å². The van der Waals surface area contributed by atoms with Gasteiger partial charge in [-0.2, -0.15) is 0 Å². The number of nitrogens with one attached hydrogen (secondary N) is 1. The van der Waals surface area contributed by atoms with Gasteiger partial charge in [0, 0.05) is 24.9 Å². The van der Waals surface area contributed by atoms with E-state index in [9.17, 15) is 4.79 Å². The molecule has 2 aromatic carbocycles. The fraction of sp³-hybridized carbons (Fsp3) is 0. The van der Waals surface area contributed by atoms with E-state index in [2.05, 4.69) is 27.9 Å². The molecule has 0 heterocycles. The Labute approximate surface area is 139 Å². The first kappa shape index (κ1) is 14.9. The van der Waals surface area contributed by atoms with Gasteiger partial charge in [-0.05, 0) is 59.0 Å². The van der Waals surface area contributed by atoms with E-state index < -0.39 is 0 Å². The summed E-state index contributed by atoms with van der Waals surface area (Å²) in [4.78, 5) is 12.0. The first-order valence-corrected chi connectivity index (χ1v) is 7.39. The summed E-state index contributed by atoms with van der Waals surface area (Å²) in [6.45, 7) is 0. The number of amides is 1. The summed E-state index contributed by atoms with van der Waals surface area (Å²) in [5.74, 6) is -0.267. The van der Waals surface area contributed by atoms with E-state index in [1.165, 1.54) is 0 Å². The Morgan fingerprint density at radius 2 is 1.63 bits per heavy atom. The molecular formula is C13H7Cl3INO. The van der Waals surface area contributed by atoms with Crippen molar-refractivity contribution in [1.82, 2.24) is 0 Å². The summed E-state index contributed by atoms with van der Waals surface area (Å²) in [7, 11) is 0. The van der Waals surface area contributed by atoms with Gasteiger partial charge in [-0.15, -0.1) is 0 Å². The largest absolute Gasteiger partial charge is 0.322 e. The average molecular weight is 426 g/mol. The molecule has 0 saturated heterocycles. The zero-order chi connectivity index (χ0) is 14.0. The minimum atomic E-state index is -0.267. The molecule has 0 bridgehead atoms. The number of hydrogen-bond acceptors (Lipinski definition) is 1. The molecule has 19 heavy (non-hydrogen) atoms. The third-order valence-electron chi connectivity index (χ3n) is 2.30. The van der Waals surface area contributed by atoms with Gasteiger partial charge in [-0.1, -0.05) is 34.8 Å². The second-order valence-electron chi connectivity index (χ2n) is 3.74. The quantitative estimate of drug-likeness (QED) is 0.631. The zero-order valence-electron chi connectivity index (χ0n) is 9.38. The molecule has 0 aliphatic heterocycles. The predicted molar refractivity (Wildman–Crippen MR) is 88.6 cm³/mol. The van der Waals surface area contributed by atoms with Crippen molar-refractivity contribution in [2.75, 3.05) is 5.32 Å². The maximum absolute atomic E-state index is 12.0. The van der Waals surface area contributed by atoms with Gasteiger partial charge in [0.15, 0.2) is 0 Å². The Bertz CT molecular complexity index is 626. The number of benzene rings is 2. The second kappa shape index (κ2) is 6.31. The highest BCUT2D eigenvalue weighted by Crippen LogP contribution is 2.24. The fourth-order valence-electron chi connectivity index (χ4n) is 1.47. The van der Waals surface area contributed by atoms with Crippen molar-refractivity contribution in [2.45, 2.75) is 0 Å². The summed E-state index contributed by atoms with van der Waals surface area (Å²) in [5, 5.41) is 4.18. The lowest BCUT2D eigenvalue weighted by Crippen LogP contribution is -2.11. The van der Waals surface area contributed by atoms with Crippen LogP contribution in [0.15, 0.2) is 36.4 Å². The minimum absolute atomic E-state index is 0.267. The van der Waals surface area contributed by atoms with Crippen LogP contribution in [0.5, 0.6) is 0 Å². The molecule has 2 rings (SSSR count). The van der Waals surface area contributed by atoms with Gasteiger partial charge in [0.2, 0.25) is 0 Å². The average Bonchev–Trinajstić information content (AvgIpc) is 2.31. The smallest absolute Gasteiger partial charge is 0.255 e. The van der Waals surface area contributed by atoms with Crippen LogP contribution in [0.25, 0.3) is 0 Å². The van der Waals surface area contributed by atoms with Crippen LogP contribution in [-0.4, -0.2) is 5.91 Å². The van der Waals surface area contributed by atoms with Crippen LogP contribution in [0.1, 0.15) is 10.4 Å². The molecule has 0 atom stereocenters. The third kappa shape index (κ3) is 3.99. The highest BCUT2D eigenvalue weighted by atomic mass is 127. The molecule has 1 amide bonds.